The molecule has 0 unspecified atom stereocenters. The van der Waals surface area contributed by atoms with Crippen molar-refractivity contribution in [3.63, 3.8) is 0 Å². The first-order valence-electron chi connectivity index (χ1n) is 10.6. The molecule has 0 bridgehead atoms. The quantitative estimate of drug-likeness (QED) is 0.820. The summed E-state index contributed by atoms with van der Waals surface area (Å²) in [6.07, 6.45) is 7.00. The minimum atomic E-state index is -0.376. The number of rotatable bonds is 6. The molecule has 0 saturated carbocycles. The van der Waals surface area contributed by atoms with Crippen molar-refractivity contribution in [2.75, 3.05) is 31.1 Å². The van der Waals surface area contributed by atoms with Crippen LogP contribution in [0.15, 0.2) is 48.7 Å². The number of anilines is 1. The van der Waals surface area contributed by atoms with E-state index in [1.165, 1.54) is 25.7 Å². The summed E-state index contributed by atoms with van der Waals surface area (Å²) in [4.78, 5) is 34.3. The lowest BCUT2D eigenvalue weighted by molar-refractivity contribution is -0.121. The Bertz CT molecular complexity index is 847. The Labute approximate surface area is 171 Å². The number of likely N-dealkylation sites (tertiary alicyclic amines) is 1. The molecule has 0 spiro atoms. The van der Waals surface area contributed by atoms with Gasteiger partial charge in [-0.3, -0.25) is 19.5 Å². The van der Waals surface area contributed by atoms with Gasteiger partial charge in [0.1, 0.15) is 0 Å². The van der Waals surface area contributed by atoms with Crippen molar-refractivity contribution in [2.45, 2.75) is 38.1 Å². The van der Waals surface area contributed by atoms with Crippen LogP contribution in [0, 0.1) is 0 Å². The van der Waals surface area contributed by atoms with Crippen LogP contribution in [-0.4, -0.2) is 47.9 Å². The lowest BCUT2D eigenvalue weighted by Crippen LogP contribution is -2.37. The first-order valence-corrected chi connectivity index (χ1v) is 10.6. The summed E-state index contributed by atoms with van der Waals surface area (Å²) in [5.41, 5.74) is 2.06. The standard InChI is InChI=1S/C23H28N4O2/c28-21(24-13-16-26-14-6-1-2-7-15-26)17-20-22-19(11-8-12-25-22)23(29)27(20)18-9-4-3-5-10-18/h3-5,8-12,20H,1-2,6-7,13-17H2,(H,24,28)/t20-/m1/s1. The van der Waals surface area contributed by atoms with Crippen LogP contribution in [0.2, 0.25) is 0 Å². The second-order valence-corrected chi connectivity index (χ2v) is 7.77. The van der Waals surface area contributed by atoms with E-state index in [-0.39, 0.29) is 24.3 Å². The third-order valence-electron chi connectivity index (χ3n) is 5.78. The van der Waals surface area contributed by atoms with E-state index in [0.29, 0.717) is 17.8 Å². The van der Waals surface area contributed by atoms with Crippen LogP contribution in [0.3, 0.4) is 0 Å². The van der Waals surface area contributed by atoms with Crippen LogP contribution >= 0.6 is 0 Å². The molecule has 152 valence electrons. The highest BCUT2D eigenvalue weighted by Gasteiger charge is 2.39. The molecule has 1 atom stereocenters. The number of nitrogens with zero attached hydrogens (tertiary/aromatic N) is 3. The molecule has 29 heavy (non-hydrogen) atoms. The molecule has 1 aromatic heterocycles. The lowest BCUT2D eigenvalue weighted by Gasteiger charge is -2.25. The van der Waals surface area contributed by atoms with Gasteiger partial charge >= 0.3 is 0 Å². The predicted molar refractivity (Wildman–Crippen MR) is 113 cm³/mol. The van der Waals surface area contributed by atoms with Gasteiger partial charge in [0.2, 0.25) is 5.91 Å². The summed E-state index contributed by atoms with van der Waals surface area (Å²) >= 11 is 0. The maximum atomic E-state index is 13.0. The van der Waals surface area contributed by atoms with E-state index in [1.807, 2.05) is 30.3 Å². The number of nitrogens with one attached hydrogen (secondary N) is 1. The van der Waals surface area contributed by atoms with Gasteiger partial charge in [0.25, 0.3) is 5.91 Å². The Balaban J connectivity index is 1.42. The highest BCUT2D eigenvalue weighted by molar-refractivity contribution is 6.11. The summed E-state index contributed by atoms with van der Waals surface area (Å²) in [5.74, 6) is -0.140. The van der Waals surface area contributed by atoms with Gasteiger partial charge in [-0.15, -0.1) is 0 Å². The first-order chi connectivity index (χ1) is 14.2. The number of benzene rings is 1. The van der Waals surface area contributed by atoms with E-state index in [4.69, 9.17) is 0 Å². The summed E-state index contributed by atoms with van der Waals surface area (Å²) in [6, 6.07) is 12.7. The van der Waals surface area contributed by atoms with Gasteiger partial charge in [-0.2, -0.15) is 0 Å². The number of amides is 2. The first kappa shape index (κ1) is 19.6. The van der Waals surface area contributed by atoms with E-state index in [1.54, 1.807) is 23.2 Å². The topological polar surface area (TPSA) is 65.5 Å². The second-order valence-electron chi connectivity index (χ2n) is 7.77. The van der Waals surface area contributed by atoms with Crippen molar-refractivity contribution in [3.8, 4) is 0 Å². The number of hydrogen-bond acceptors (Lipinski definition) is 4. The zero-order chi connectivity index (χ0) is 20.1. The monoisotopic (exact) mass is 392 g/mol. The average Bonchev–Trinajstić information content (AvgIpc) is 2.90. The Morgan fingerprint density at radius 2 is 1.79 bits per heavy atom. The number of para-hydroxylation sites is 1. The molecule has 6 heteroatoms. The number of aromatic nitrogens is 1. The van der Waals surface area contributed by atoms with Crippen molar-refractivity contribution in [2.24, 2.45) is 0 Å². The molecule has 2 amide bonds. The van der Waals surface area contributed by atoms with Gasteiger partial charge in [-0.1, -0.05) is 31.0 Å². The molecule has 0 aliphatic carbocycles. The van der Waals surface area contributed by atoms with E-state index in [2.05, 4.69) is 15.2 Å². The lowest BCUT2D eigenvalue weighted by atomic mass is 10.1. The minimum absolute atomic E-state index is 0.0444. The zero-order valence-electron chi connectivity index (χ0n) is 16.7. The number of carbonyl (C=O) groups excluding carboxylic acids is 2. The Hall–Kier alpha value is -2.73. The predicted octanol–water partition coefficient (Wildman–Crippen LogP) is 3.17. The van der Waals surface area contributed by atoms with E-state index in [0.717, 1.165) is 25.3 Å². The van der Waals surface area contributed by atoms with Crippen LogP contribution in [0.1, 0.15) is 54.2 Å². The van der Waals surface area contributed by atoms with E-state index < -0.39 is 0 Å². The molecular formula is C23H28N4O2. The van der Waals surface area contributed by atoms with Crippen molar-refractivity contribution in [3.05, 3.63) is 59.9 Å². The molecular weight excluding hydrogens is 364 g/mol. The zero-order valence-corrected chi connectivity index (χ0v) is 16.7. The number of fused-ring (bicyclic) bond motifs is 1. The molecule has 6 nitrogen and oxygen atoms in total. The van der Waals surface area contributed by atoms with E-state index in [9.17, 15) is 9.59 Å². The van der Waals surface area contributed by atoms with Gasteiger partial charge in [0, 0.05) is 25.0 Å². The summed E-state index contributed by atoms with van der Waals surface area (Å²) in [6.45, 7) is 3.75. The van der Waals surface area contributed by atoms with Crippen molar-refractivity contribution < 1.29 is 9.59 Å². The van der Waals surface area contributed by atoms with E-state index >= 15 is 0 Å². The molecule has 2 aromatic rings. The number of carbonyl (C=O) groups is 2. The molecule has 1 fully saturated rings. The van der Waals surface area contributed by atoms with Gasteiger partial charge in [0.15, 0.2) is 0 Å². The third-order valence-corrected chi connectivity index (χ3v) is 5.78. The van der Waals surface area contributed by atoms with Crippen molar-refractivity contribution >= 4 is 17.5 Å². The molecule has 2 aliphatic heterocycles. The molecule has 4 rings (SSSR count). The van der Waals surface area contributed by atoms with Gasteiger partial charge in [0.05, 0.1) is 23.7 Å². The number of hydrogen-bond donors (Lipinski definition) is 1. The highest BCUT2D eigenvalue weighted by atomic mass is 16.2. The Kier molecular flexibility index (Phi) is 6.20. The average molecular weight is 393 g/mol. The molecule has 2 aliphatic rings. The van der Waals surface area contributed by atoms with Gasteiger partial charge < -0.3 is 10.2 Å². The summed E-state index contributed by atoms with van der Waals surface area (Å²) in [5, 5.41) is 3.05. The highest BCUT2D eigenvalue weighted by Crippen LogP contribution is 2.37. The fraction of sp³-hybridized carbons (Fsp3) is 0.435. The Morgan fingerprint density at radius 1 is 1.03 bits per heavy atom. The van der Waals surface area contributed by atoms with Crippen LogP contribution < -0.4 is 10.2 Å². The van der Waals surface area contributed by atoms with Gasteiger partial charge in [-0.25, -0.2) is 0 Å². The maximum absolute atomic E-state index is 13.0. The third kappa shape index (κ3) is 4.48. The van der Waals surface area contributed by atoms with Crippen LogP contribution in [-0.2, 0) is 4.79 Å². The second kappa shape index (κ2) is 9.18. The summed E-state index contributed by atoms with van der Waals surface area (Å²) < 4.78 is 0. The fourth-order valence-electron chi connectivity index (χ4n) is 4.29. The van der Waals surface area contributed by atoms with Crippen LogP contribution in [0.25, 0.3) is 0 Å². The van der Waals surface area contributed by atoms with Crippen LogP contribution in [0.4, 0.5) is 5.69 Å². The molecule has 3 heterocycles. The smallest absolute Gasteiger partial charge is 0.260 e. The van der Waals surface area contributed by atoms with Crippen molar-refractivity contribution in [1.82, 2.24) is 15.2 Å². The maximum Gasteiger partial charge on any atom is 0.260 e. The Morgan fingerprint density at radius 3 is 2.55 bits per heavy atom. The molecule has 1 N–H and O–H groups in total. The molecule has 1 aromatic carbocycles. The molecule has 0 radical (unpaired) electrons. The SMILES string of the molecule is O=C(C[C@@H]1c2ncccc2C(=O)N1c1ccccc1)NCCN1CCCCCC1. The molecule has 1 saturated heterocycles. The number of pyridine rings is 1. The van der Waals surface area contributed by atoms with Crippen LogP contribution in [0.5, 0.6) is 0 Å². The van der Waals surface area contributed by atoms with Gasteiger partial charge in [-0.05, 0) is 50.2 Å². The fourth-order valence-corrected chi connectivity index (χ4v) is 4.29. The normalized spacial score (nSPS) is 19.7. The largest absolute Gasteiger partial charge is 0.355 e. The van der Waals surface area contributed by atoms with Crippen molar-refractivity contribution in [1.29, 1.82) is 0 Å². The summed E-state index contributed by atoms with van der Waals surface area (Å²) in [7, 11) is 0. The minimum Gasteiger partial charge on any atom is -0.355 e.